The first kappa shape index (κ1) is 21.9. The molecule has 0 radical (unpaired) electrons. The van der Waals surface area contributed by atoms with Crippen molar-refractivity contribution < 1.29 is 19.1 Å². The summed E-state index contributed by atoms with van der Waals surface area (Å²) in [6, 6.07) is 14.6. The van der Waals surface area contributed by atoms with Crippen LogP contribution in [0.15, 0.2) is 48.5 Å². The number of carbonyl (C=O) groups is 3. The highest BCUT2D eigenvalue weighted by Crippen LogP contribution is 2.21. The van der Waals surface area contributed by atoms with Gasteiger partial charge in [-0.3, -0.25) is 14.4 Å². The molecule has 0 aliphatic rings. The summed E-state index contributed by atoms with van der Waals surface area (Å²) in [7, 11) is 0. The van der Waals surface area contributed by atoms with Crippen LogP contribution in [-0.4, -0.2) is 23.9 Å². The maximum atomic E-state index is 12.3. The molecule has 2 aromatic carbocycles. The largest absolute Gasteiger partial charge is 0.452 e. The summed E-state index contributed by atoms with van der Waals surface area (Å²) >= 11 is 5.88. The van der Waals surface area contributed by atoms with Gasteiger partial charge in [0.15, 0.2) is 6.10 Å². The number of para-hydroxylation sites is 1. The molecule has 0 saturated heterocycles. The molecule has 7 nitrogen and oxygen atoms in total. The van der Waals surface area contributed by atoms with E-state index in [0.717, 1.165) is 0 Å². The van der Waals surface area contributed by atoms with Crippen LogP contribution in [0.3, 0.4) is 0 Å². The van der Waals surface area contributed by atoms with E-state index in [1.54, 1.807) is 48.5 Å². The first-order valence-electron chi connectivity index (χ1n) is 8.82. The van der Waals surface area contributed by atoms with Crippen molar-refractivity contribution in [2.45, 2.75) is 32.4 Å². The van der Waals surface area contributed by atoms with Gasteiger partial charge in [0.2, 0.25) is 5.91 Å². The van der Waals surface area contributed by atoms with Gasteiger partial charge in [-0.1, -0.05) is 35.9 Å². The highest BCUT2D eigenvalue weighted by Gasteiger charge is 2.23. The third-order valence-electron chi connectivity index (χ3n) is 4.00. The average Bonchev–Trinajstić information content (AvgIpc) is 2.68. The van der Waals surface area contributed by atoms with Gasteiger partial charge in [0, 0.05) is 11.9 Å². The zero-order valence-corrected chi connectivity index (χ0v) is 16.7. The molecule has 2 aromatic rings. The Morgan fingerprint density at radius 3 is 2.41 bits per heavy atom. The predicted molar refractivity (Wildman–Crippen MR) is 108 cm³/mol. The van der Waals surface area contributed by atoms with Crippen molar-refractivity contribution in [2.24, 2.45) is 0 Å². The number of ether oxygens (including phenoxy) is 1. The molecule has 0 aromatic heterocycles. The lowest BCUT2D eigenvalue weighted by Gasteiger charge is -2.19. The van der Waals surface area contributed by atoms with E-state index in [1.807, 2.05) is 6.07 Å². The summed E-state index contributed by atoms with van der Waals surface area (Å²) in [5, 5.41) is 14.9. The van der Waals surface area contributed by atoms with Crippen LogP contribution < -0.4 is 10.6 Å². The van der Waals surface area contributed by atoms with E-state index in [4.69, 9.17) is 21.6 Å². The Morgan fingerprint density at radius 2 is 1.79 bits per heavy atom. The molecule has 2 atom stereocenters. The number of benzene rings is 2. The van der Waals surface area contributed by atoms with Crippen molar-refractivity contribution in [3.8, 4) is 6.07 Å². The fourth-order valence-corrected chi connectivity index (χ4v) is 2.71. The molecule has 0 spiro atoms. The second-order valence-electron chi connectivity index (χ2n) is 6.29. The van der Waals surface area contributed by atoms with Gasteiger partial charge in [-0.05, 0) is 36.8 Å². The molecule has 2 rings (SSSR count). The molecule has 150 valence electrons. The highest BCUT2D eigenvalue weighted by molar-refractivity contribution is 6.30. The van der Waals surface area contributed by atoms with Crippen molar-refractivity contribution in [1.82, 2.24) is 5.32 Å². The fourth-order valence-electron chi connectivity index (χ4n) is 2.58. The molecule has 29 heavy (non-hydrogen) atoms. The molecule has 0 aliphatic heterocycles. The summed E-state index contributed by atoms with van der Waals surface area (Å²) < 4.78 is 5.20. The maximum Gasteiger partial charge on any atom is 0.309 e. The lowest BCUT2D eigenvalue weighted by molar-refractivity contribution is -0.153. The number of anilines is 1. The smallest absolute Gasteiger partial charge is 0.309 e. The number of nitriles is 1. The Balaban J connectivity index is 2.01. The van der Waals surface area contributed by atoms with Crippen molar-refractivity contribution in [2.75, 3.05) is 5.32 Å². The number of amides is 2. The number of rotatable bonds is 7. The second kappa shape index (κ2) is 10.2. The van der Waals surface area contributed by atoms with Gasteiger partial charge >= 0.3 is 5.97 Å². The summed E-state index contributed by atoms with van der Waals surface area (Å²) in [6.07, 6.45) is -1.24. The van der Waals surface area contributed by atoms with Crippen LogP contribution in [0.1, 0.15) is 37.4 Å². The van der Waals surface area contributed by atoms with E-state index in [9.17, 15) is 14.4 Å². The van der Waals surface area contributed by atoms with Crippen LogP contribution in [0.2, 0.25) is 5.02 Å². The molecule has 0 fully saturated rings. The van der Waals surface area contributed by atoms with Gasteiger partial charge in [0.25, 0.3) is 5.91 Å². The van der Waals surface area contributed by atoms with Crippen LogP contribution in [-0.2, 0) is 19.1 Å². The number of hydrogen-bond donors (Lipinski definition) is 2. The van der Waals surface area contributed by atoms with E-state index in [-0.39, 0.29) is 12.3 Å². The molecule has 0 saturated carbocycles. The van der Waals surface area contributed by atoms with Crippen LogP contribution in [0.25, 0.3) is 0 Å². The summed E-state index contributed by atoms with van der Waals surface area (Å²) in [5.74, 6) is -1.53. The van der Waals surface area contributed by atoms with E-state index in [0.29, 0.717) is 21.8 Å². The minimum Gasteiger partial charge on any atom is -0.452 e. The number of nitrogens with one attached hydrogen (secondary N) is 2. The quantitative estimate of drug-likeness (QED) is 0.676. The lowest BCUT2D eigenvalue weighted by Crippen LogP contribution is -2.33. The normalized spacial score (nSPS) is 12.2. The van der Waals surface area contributed by atoms with E-state index < -0.39 is 24.0 Å². The van der Waals surface area contributed by atoms with Gasteiger partial charge in [-0.25, -0.2) is 0 Å². The minimum atomic E-state index is -1.09. The van der Waals surface area contributed by atoms with Crippen molar-refractivity contribution >= 4 is 35.1 Å². The van der Waals surface area contributed by atoms with Crippen LogP contribution in [0.4, 0.5) is 5.69 Å². The van der Waals surface area contributed by atoms with Crippen LogP contribution in [0.5, 0.6) is 0 Å². The number of hydrogen-bond acceptors (Lipinski definition) is 5. The van der Waals surface area contributed by atoms with Gasteiger partial charge in [-0.15, -0.1) is 0 Å². The van der Waals surface area contributed by atoms with Crippen molar-refractivity contribution in [3.05, 3.63) is 64.7 Å². The van der Waals surface area contributed by atoms with Crippen molar-refractivity contribution in [3.63, 3.8) is 0 Å². The Morgan fingerprint density at radius 1 is 1.14 bits per heavy atom. The molecule has 8 heteroatoms. The minimum absolute atomic E-state index is 0.159. The Labute approximate surface area is 173 Å². The molecule has 2 amide bonds. The fraction of sp³-hybridized carbons (Fsp3) is 0.238. The zero-order valence-electron chi connectivity index (χ0n) is 15.9. The number of halogens is 1. The summed E-state index contributed by atoms with van der Waals surface area (Å²) in [6.45, 7) is 2.77. The van der Waals surface area contributed by atoms with Crippen LogP contribution in [0, 0.1) is 11.3 Å². The molecule has 2 unspecified atom stereocenters. The van der Waals surface area contributed by atoms with E-state index in [2.05, 4.69) is 10.6 Å². The number of nitrogens with zero attached hydrogens (tertiary/aromatic N) is 1. The van der Waals surface area contributed by atoms with E-state index in [1.165, 1.54) is 13.8 Å². The number of esters is 1. The molecular formula is C21H20ClN3O4. The third-order valence-corrected chi connectivity index (χ3v) is 4.26. The van der Waals surface area contributed by atoms with Crippen LogP contribution >= 0.6 is 11.6 Å². The lowest BCUT2D eigenvalue weighted by atomic mass is 10.0. The predicted octanol–water partition coefficient (Wildman–Crippen LogP) is 3.35. The molecular weight excluding hydrogens is 394 g/mol. The topological polar surface area (TPSA) is 108 Å². The van der Waals surface area contributed by atoms with Gasteiger partial charge in [-0.2, -0.15) is 5.26 Å². The molecule has 0 heterocycles. The standard InChI is InChI=1S/C21H20ClN3O4/c1-13(21(28)25-18-6-4-3-5-16(18)12-23)29-20(27)11-19(24-14(2)26)15-7-9-17(22)10-8-15/h3-10,13,19H,11H2,1-2H3,(H,24,26)(H,25,28). The molecule has 0 aliphatic carbocycles. The second-order valence-corrected chi connectivity index (χ2v) is 6.72. The van der Waals surface area contributed by atoms with E-state index >= 15 is 0 Å². The average molecular weight is 414 g/mol. The first-order valence-corrected chi connectivity index (χ1v) is 9.20. The molecule has 2 N–H and O–H groups in total. The Hall–Kier alpha value is -3.37. The van der Waals surface area contributed by atoms with Gasteiger partial charge in [0.1, 0.15) is 6.07 Å². The van der Waals surface area contributed by atoms with Gasteiger partial charge < -0.3 is 15.4 Å². The first-order chi connectivity index (χ1) is 13.8. The number of carbonyl (C=O) groups excluding carboxylic acids is 3. The monoisotopic (exact) mass is 413 g/mol. The van der Waals surface area contributed by atoms with Gasteiger partial charge in [0.05, 0.1) is 23.7 Å². The maximum absolute atomic E-state index is 12.3. The summed E-state index contributed by atoms with van der Waals surface area (Å²) in [4.78, 5) is 36.1. The zero-order chi connectivity index (χ0) is 21.4. The Bertz CT molecular complexity index is 938. The third kappa shape index (κ3) is 6.63. The van der Waals surface area contributed by atoms with Crippen molar-refractivity contribution in [1.29, 1.82) is 5.26 Å². The summed E-state index contributed by atoms with van der Waals surface area (Å²) in [5.41, 5.74) is 1.31. The molecule has 0 bridgehead atoms. The Kier molecular flexibility index (Phi) is 7.75. The SMILES string of the molecule is CC(=O)NC(CC(=O)OC(C)C(=O)Nc1ccccc1C#N)c1ccc(Cl)cc1. The highest BCUT2D eigenvalue weighted by atomic mass is 35.5.